The molecule has 0 aromatic heterocycles. The largest absolute Gasteiger partial charge is 0.508 e. The molecule has 0 aliphatic heterocycles. The Kier molecular flexibility index (Phi) is 3.90. The predicted molar refractivity (Wildman–Crippen MR) is 70.5 cm³/mol. The second-order valence-electron chi connectivity index (χ2n) is 4.79. The van der Waals surface area contributed by atoms with Gasteiger partial charge < -0.3 is 10.4 Å². The highest BCUT2D eigenvalue weighted by Gasteiger charge is 2.41. The van der Waals surface area contributed by atoms with Gasteiger partial charge in [-0.05, 0) is 36.8 Å². The van der Waals surface area contributed by atoms with Gasteiger partial charge in [0.15, 0.2) is 0 Å². The van der Waals surface area contributed by atoms with E-state index in [1.807, 2.05) is 0 Å². The summed E-state index contributed by atoms with van der Waals surface area (Å²) in [5.74, 6) is -1.30. The van der Waals surface area contributed by atoms with Crippen LogP contribution < -0.4 is 5.32 Å². The van der Waals surface area contributed by atoms with E-state index >= 15 is 0 Å². The van der Waals surface area contributed by atoms with E-state index in [-0.39, 0.29) is 16.7 Å². The summed E-state index contributed by atoms with van der Waals surface area (Å²) in [6.45, 7) is 0.581. The zero-order valence-corrected chi connectivity index (χ0v) is 11.5. The van der Waals surface area contributed by atoms with Gasteiger partial charge in [-0.25, -0.2) is 4.39 Å². The first-order valence-corrected chi connectivity index (χ1v) is 7.01. The molecule has 3 nitrogen and oxygen atoms in total. The maximum atomic E-state index is 13.5. The number of alkyl halides is 1. The quantitative estimate of drug-likeness (QED) is 0.821. The standard InChI is InChI=1S/C13H15BrFNO2/c14-6-5-13(3-4-13)8-16-12(18)10-2-1-9(17)7-11(10)15/h1-2,7,17H,3-6,8H2,(H,16,18). The Balaban J connectivity index is 1.96. The monoisotopic (exact) mass is 315 g/mol. The third-order valence-electron chi connectivity index (χ3n) is 3.40. The summed E-state index contributed by atoms with van der Waals surface area (Å²) in [6, 6.07) is 3.55. The van der Waals surface area contributed by atoms with E-state index in [0.29, 0.717) is 6.54 Å². The molecule has 1 saturated carbocycles. The van der Waals surface area contributed by atoms with Crippen LogP contribution in [-0.4, -0.2) is 22.9 Å². The molecule has 0 radical (unpaired) electrons. The number of carbonyl (C=O) groups is 1. The fourth-order valence-electron chi connectivity index (χ4n) is 1.94. The number of amides is 1. The summed E-state index contributed by atoms with van der Waals surface area (Å²) in [7, 11) is 0. The van der Waals surface area contributed by atoms with Crippen LogP contribution in [0.1, 0.15) is 29.6 Å². The van der Waals surface area contributed by atoms with Crippen LogP contribution in [0.3, 0.4) is 0 Å². The normalized spacial score (nSPS) is 16.3. The molecule has 1 aliphatic carbocycles. The van der Waals surface area contributed by atoms with Gasteiger partial charge in [-0.2, -0.15) is 0 Å². The van der Waals surface area contributed by atoms with Crippen molar-refractivity contribution in [3.05, 3.63) is 29.6 Å². The van der Waals surface area contributed by atoms with Crippen molar-refractivity contribution in [1.29, 1.82) is 0 Å². The molecule has 0 atom stereocenters. The highest BCUT2D eigenvalue weighted by Crippen LogP contribution is 2.48. The van der Waals surface area contributed by atoms with E-state index in [1.165, 1.54) is 12.1 Å². The predicted octanol–water partition coefficient (Wildman–Crippen LogP) is 2.83. The number of benzene rings is 1. The molecule has 0 bridgehead atoms. The molecule has 2 rings (SSSR count). The lowest BCUT2D eigenvalue weighted by Gasteiger charge is -2.14. The summed E-state index contributed by atoms with van der Waals surface area (Å²) in [4.78, 5) is 11.8. The number of hydrogen-bond donors (Lipinski definition) is 2. The van der Waals surface area contributed by atoms with Gasteiger partial charge >= 0.3 is 0 Å². The Bertz CT molecular complexity index is 460. The van der Waals surface area contributed by atoms with Crippen molar-refractivity contribution >= 4 is 21.8 Å². The highest BCUT2D eigenvalue weighted by atomic mass is 79.9. The number of phenolic OH excluding ortho intramolecular Hbond substituents is 1. The van der Waals surface area contributed by atoms with Crippen LogP contribution in [0.2, 0.25) is 0 Å². The van der Waals surface area contributed by atoms with Crippen molar-refractivity contribution in [3.8, 4) is 5.75 Å². The van der Waals surface area contributed by atoms with Gasteiger partial charge in [-0.3, -0.25) is 4.79 Å². The van der Waals surface area contributed by atoms with E-state index in [1.54, 1.807) is 0 Å². The molecule has 1 aliphatic rings. The van der Waals surface area contributed by atoms with E-state index in [0.717, 1.165) is 30.7 Å². The molecule has 5 heteroatoms. The van der Waals surface area contributed by atoms with Gasteiger partial charge in [0.1, 0.15) is 11.6 Å². The number of nitrogens with one attached hydrogen (secondary N) is 1. The van der Waals surface area contributed by atoms with Gasteiger partial charge in [0, 0.05) is 17.9 Å². The van der Waals surface area contributed by atoms with Crippen molar-refractivity contribution in [2.45, 2.75) is 19.3 Å². The maximum absolute atomic E-state index is 13.5. The molecule has 1 fully saturated rings. The van der Waals surface area contributed by atoms with E-state index in [2.05, 4.69) is 21.2 Å². The van der Waals surface area contributed by atoms with Gasteiger partial charge in [-0.15, -0.1) is 0 Å². The highest BCUT2D eigenvalue weighted by molar-refractivity contribution is 9.09. The molecule has 18 heavy (non-hydrogen) atoms. The number of hydrogen-bond acceptors (Lipinski definition) is 2. The number of phenols is 1. The average molecular weight is 316 g/mol. The molecule has 1 amide bonds. The lowest BCUT2D eigenvalue weighted by atomic mass is 10.0. The molecular weight excluding hydrogens is 301 g/mol. The average Bonchev–Trinajstić information content (AvgIpc) is 3.07. The van der Waals surface area contributed by atoms with Gasteiger partial charge in [0.05, 0.1) is 5.56 Å². The Morgan fingerprint density at radius 3 is 2.78 bits per heavy atom. The van der Waals surface area contributed by atoms with Crippen molar-refractivity contribution < 1.29 is 14.3 Å². The van der Waals surface area contributed by atoms with Gasteiger partial charge in [0.2, 0.25) is 0 Å². The molecule has 98 valence electrons. The molecule has 0 unspecified atom stereocenters. The van der Waals surface area contributed by atoms with Crippen LogP contribution in [0, 0.1) is 11.2 Å². The maximum Gasteiger partial charge on any atom is 0.254 e. The van der Waals surface area contributed by atoms with Crippen LogP contribution >= 0.6 is 15.9 Å². The van der Waals surface area contributed by atoms with Crippen molar-refractivity contribution in [2.75, 3.05) is 11.9 Å². The molecule has 1 aromatic carbocycles. The number of halogens is 2. The smallest absolute Gasteiger partial charge is 0.254 e. The molecule has 0 saturated heterocycles. The number of aromatic hydroxyl groups is 1. The minimum Gasteiger partial charge on any atom is -0.508 e. The summed E-state index contributed by atoms with van der Waals surface area (Å²) in [6.07, 6.45) is 3.24. The summed E-state index contributed by atoms with van der Waals surface area (Å²) in [5, 5.41) is 12.8. The lowest BCUT2D eigenvalue weighted by Crippen LogP contribution is -2.31. The van der Waals surface area contributed by atoms with Gasteiger partial charge in [-0.1, -0.05) is 15.9 Å². The second kappa shape index (κ2) is 5.26. The van der Waals surface area contributed by atoms with E-state index < -0.39 is 11.7 Å². The van der Waals surface area contributed by atoms with E-state index in [4.69, 9.17) is 5.11 Å². The zero-order chi connectivity index (χ0) is 13.2. The van der Waals surface area contributed by atoms with Crippen LogP contribution in [0.25, 0.3) is 0 Å². The Labute approximate surface area is 114 Å². The molecule has 1 aromatic rings. The first-order valence-electron chi connectivity index (χ1n) is 5.89. The number of carbonyl (C=O) groups excluding carboxylic acids is 1. The van der Waals surface area contributed by atoms with Crippen molar-refractivity contribution in [3.63, 3.8) is 0 Å². The van der Waals surface area contributed by atoms with Crippen LogP contribution in [0.15, 0.2) is 18.2 Å². The fraction of sp³-hybridized carbons (Fsp3) is 0.462. The van der Waals surface area contributed by atoms with Crippen molar-refractivity contribution in [2.24, 2.45) is 5.41 Å². The van der Waals surface area contributed by atoms with Crippen LogP contribution in [0.5, 0.6) is 5.75 Å². The zero-order valence-electron chi connectivity index (χ0n) is 9.88. The Hall–Kier alpha value is -1.10. The van der Waals surface area contributed by atoms with Crippen molar-refractivity contribution in [1.82, 2.24) is 5.32 Å². The summed E-state index contributed by atoms with van der Waals surface area (Å²) >= 11 is 3.40. The number of rotatable bonds is 5. The van der Waals surface area contributed by atoms with Crippen LogP contribution in [0.4, 0.5) is 4.39 Å². The second-order valence-corrected chi connectivity index (χ2v) is 5.58. The van der Waals surface area contributed by atoms with Crippen LogP contribution in [-0.2, 0) is 0 Å². The van der Waals surface area contributed by atoms with E-state index in [9.17, 15) is 9.18 Å². The fourth-order valence-corrected chi connectivity index (χ4v) is 2.78. The minimum absolute atomic E-state index is 0.0255. The minimum atomic E-state index is -0.696. The Morgan fingerprint density at radius 1 is 1.50 bits per heavy atom. The molecule has 0 spiro atoms. The third-order valence-corrected chi connectivity index (χ3v) is 3.80. The Morgan fingerprint density at radius 2 is 2.22 bits per heavy atom. The third kappa shape index (κ3) is 3.02. The first kappa shape index (κ1) is 13.3. The lowest BCUT2D eigenvalue weighted by molar-refractivity contribution is 0.0940. The molecular formula is C13H15BrFNO2. The summed E-state index contributed by atoms with van der Waals surface area (Å²) < 4.78 is 13.5. The molecule has 0 heterocycles. The topological polar surface area (TPSA) is 49.3 Å². The SMILES string of the molecule is O=C(NCC1(CCBr)CC1)c1ccc(O)cc1F. The van der Waals surface area contributed by atoms with Gasteiger partial charge in [0.25, 0.3) is 5.91 Å². The molecule has 2 N–H and O–H groups in total. The summed E-state index contributed by atoms with van der Waals surface area (Å²) in [5.41, 5.74) is 0.175. The first-order chi connectivity index (χ1) is 8.56.